The van der Waals surface area contributed by atoms with Crippen molar-refractivity contribution >= 4 is 55.9 Å². The number of nitrogens with one attached hydrogen (secondary N) is 1. The number of carbonyl (C=O) groups excluding carboxylic acids is 1. The zero-order chi connectivity index (χ0) is 18.2. The predicted molar refractivity (Wildman–Crippen MR) is 110 cm³/mol. The lowest BCUT2D eigenvalue weighted by molar-refractivity contribution is 0.102. The van der Waals surface area contributed by atoms with Gasteiger partial charge in [0.05, 0.1) is 27.6 Å². The first-order valence-electron chi connectivity index (χ1n) is 8.26. The van der Waals surface area contributed by atoms with Crippen LogP contribution in [0.4, 0.5) is 5.69 Å². The van der Waals surface area contributed by atoms with Crippen molar-refractivity contribution in [1.29, 1.82) is 0 Å². The molecule has 1 N–H and O–H groups in total. The molecule has 0 atom stereocenters. The third-order valence-corrected chi connectivity index (χ3v) is 5.84. The highest BCUT2D eigenvalue weighted by Crippen LogP contribution is 2.34. The fraction of sp³-hybridized carbons (Fsp3) is 0. The molecule has 0 saturated carbocycles. The van der Waals surface area contributed by atoms with Crippen molar-refractivity contribution in [2.75, 3.05) is 5.32 Å². The van der Waals surface area contributed by atoms with Gasteiger partial charge < -0.3 is 5.32 Å². The lowest BCUT2D eigenvalue weighted by Gasteiger charge is -2.09. The molecule has 0 saturated heterocycles. The standard InChI is InChI=1S/C20H12N4OS2/c25-19(12-9-10-15-17(11-12)24-27-23-15)21-14-6-2-1-5-13(14)20-22-16-7-3-4-8-18(16)26-20/h1-11H,(H,21,25). The maximum Gasteiger partial charge on any atom is 0.255 e. The fourth-order valence-electron chi connectivity index (χ4n) is 2.88. The molecule has 7 heteroatoms. The van der Waals surface area contributed by atoms with Crippen LogP contribution in [0.15, 0.2) is 66.7 Å². The van der Waals surface area contributed by atoms with E-state index in [2.05, 4.69) is 20.1 Å². The van der Waals surface area contributed by atoms with Gasteiger partial charge in [0.15, 0.2) is 0 Å². The van der Waals surface area contributed by atoms with Crippen LogP contribution in [0.2, 0.25) is 0 Å². The van der Waals surface area contributed by atoms with E-state index < -0.39 is 0 Å². The molecule has 0 unspecified atom stereocenters. The molecule has 27 heavy (non-hydrogen) atoms. The monoisotopic (exact) mass is 388 g/mol. The Balaban J connectivity index is 1.51. The van der Waals surface area contributed by atoms with Crippen LogP contribution in [-0.2, 0) is 0 Å². The number of anilines is 1. The Morgan fingerprint density at radius 3 is 2.59 bits per heavy atom. The van der Waals surface area contributed by atoms with Crippen LogP contribution in [0.25, 0.3) is 31.8 Å². The summed E-state index contributed by atoms with van der Waals surface area (Å²) in [5, 5.41) is 3.89. The van der Waals surface area contributed by atoms with Crippen molar-refractivity contribution in [2.24, 2.45) is 0 Å². The average Bonchev–Trinajstić information content (AvgIpc) is 3.34. The van der Waals surface area contributed by atoms with Gasteiger partial charge in [-0.25, -0.2) is 4.98 Å². The molecule has 0 fully saturated rings. The number of fused-ring (bicyclic) bond motifs is 2. The minimum Gasteiger partial charge on any atom is -0.321 e. The Bertz CT molecular complexity index is 1260. The average molecular weight is 388 g/mol. The summed E-state index contributed by atoms with van der Waals surface area (Å²) in [4.78, 5) is 17.5. The quantitative estimate of drug-likeness (QED) is 0.460. The molecule has 3 aromatic carbocycles. The van der Waals surface area contributed by atoms with Gasteiger partial charge in [0.1, 0.15) is 16.0 Å². The summed E-state index contributed by atoms with van der Waals surface area (Å²) in [6.07, 6.45) is 0. The van der Waals surface area contributed by atoms with E-state index in [-0.39, 0.29) is 5.91 Å². The number of carbonyl (C=O) groups is 1. The van der Waals surface area contributed by atoms with Gasteiger partial charge in [0.2, 0.25) is 0 Å². The zero-order valence-electron chi connectivity index (χ0n) is 13.9. The molecule has 5 aromatic rings. The molecule has 5 nitrogen and oxygen atoms in total. The summed E-state index contributed by atoms with van der Waals surface area (Å²) in [6.45, 7) is 0. The minimum absolute atomic E-state index is 0.182. The van der Waals surface area contributed by atoms with Crippen LogP contribution in [0, 0.1) is 0 Å². The topological polar surface area (TPSA) is 67.8 Å². The highest BCUT2D eigenvalue weighted by Gasteiger charge is 2.14. The van der Waals surface area contributed by atoms with Crippen molar-refractivity contribution in [3.8, 4) is 10.6 Å². The summed E-state index contributed by atoms with van der Waals surface area (Å²) >= 11 is 2.75. The van der Waals surface area contributed by atoms with Gasteiger partial charge in [-0.15, -0.1) is 11.3 Å². The second-order valence-corrected chi connectivity index (χ2v) is 7.51. The third kappa shape index (κ3) is 2.97. The van der Waals surface area contributed by atoms with E-state index in [1.54, 1.807) is 23.5 Å². The number of thiazole rings is 1. The number of rotatable bonds is 3. The highest BCUT2D eigenvalue weighted by molar-refractivity contribution is 7.21. The van der Waals surface area contributed by atoms with Crippen molar-refractivity contribution in [3.05, 3.63) is 72.3 Å². The van der Waals surface area contributed by atoms with Gasteiger partial charge in [0, 0.05) is 11.1 Å². The smallest absolute Gasteiger partial charge is 0.255 e. The van der Waals surface area contributed by atoms with Crippen LogP contribution in [-0.4, -0.2) is 19.6 Å². The Labute approximate surface area is 162 Å². The number of aromatic nitrogens is 3. The molecule has 0 aliphatic rings. The summed E-state index contributed by atoms with van der Waals surface area (Å²) in [5.74, 6) is -0.182. The van der Waals surface area contributed by atoms with Crippen LogP contribution in [0.5, 0.6) is 0 Å². The molecular weight excluding hydrogens is 376 g/mol. The summed E-state index contributed by atoms with van der Waals surface area (Å²) in [5.41, 5.74) is 4.68. The number of amides is 1. The SMILES string of the molecule is O=C(Nc1ccccc1-c1nc2ccccc2s1)c1ccc2nsnc2c1. The van der Waals surface area contributed by atoms with Crippen LogP contribution in [0.3, 0.4) is 0 Å². The number of hydrogen-bond donors (Lipinski definition) is 1. The second-order valence-electron chi connectivity index (χ2n) is 5.95. The second kappa shape index (κ2) is 6.53. The van der Waals surface area contributed by atoms with Crippen LogP contribution in [0.1, 0.15) is 10.4 Å². The predicted octanol–water partition coefficient (Wildman–Crippen LogP) is 5.22. The molecule has 0 aliphatic heterocycles. The summed E-state index contributed by atoms with van der Waals surface area (Å²) < 4.78 is 9.49. The number of nitrogens with zero attached hydrogens (tertiary/aromatic N) is 3. The van der Waals surface area contributed by atoms with Gasteiger partial charge in [-0.05, 0) is 42.5 Å². The van der Waals surface area contributed by atoms with Crippen molar-refractivity contribution in [3.63, 3.8) is 0 Å². The van der Waals surface area contributed by atoms with E-state index in [1.165, 1.54) is 0 Å². The molecule has 1 amide bonds. The maximum atomic E-state index is 12.8. The van der Waals surface area contributed by atoms with Gasteiger partial charge in [-0.3, -0.25) is 4.79 Å². The van der Waals surface area contributed by atoms with E-state index in [1.807, 2.05) is 48.5 Å². The third-order valence-electron chi connectivity index (χ3n) is 4.22. The fourth-order valence-corrected chi connectivity index (χ4v) is 4.41. The van der Waals surface area contributed by atoms with Gasteiger partial charge >= 0.3 is 0 Å². The molecular formula is C20H12N4OS2. The number of hydrogen-bond acceptors (Lipinski definition) is 6. The molecule has 0 aliphatic carbocycles. The number of benzene rings is 3. The molecule has 5 rings (SSSR count). The van der Waals surface area contributed by atoms with Gasteiger partial charge in [-0.2, -0.15) is 8.75 Å². The first-order valence-corrected chi connectivity index (χ1v) is 9.81. The van der Waals surface area contributed by atoms with Crippen molar-refractivity contribution in [1.82, 2.24) is 13.7 Å². The minimum atomic E-state index is -0.182. The van der Waals surface area contributed by atoms with Crippen LogP contribution < -0.4 is 5.32 Å². The normalized spacial score (nSPS) is 11.1. The maximum absolute atomic E-state index is 12.8. The van der Waals surface area contributed by atoms with Crippen LogP contribution >= 0.6 is 23.1 Å². The Morgan fingerprint density at radius 1 is 0.852 bits per heavy atom. The molecule has 2 aromatic heterocycles. The first-order chi connectivity index (χ1) is 13.3. The summed E-state index contributed by atoms with van der Waals surface area (Å²) in [6, 6.07) is 21.1. The van der Waals surface area contributed by atoms with Crippen molar-refractivity contribution < 1.29 is 4.79 Å². The lowest BCUT2D eigenvalue weighted by Crippen LogP contribution is -2.12. The molecule has 0 spiro atoms. The first kappa shape index (κ1) is 16.0. The molecule has 0 bridgehead atoms. The molecule has 130 valence electrons. The molecule has 2 heterocycles. The van der Waals surface area contributed by atoms with Gasteiger partial charge in [0.25, 0.3) is 5.91 Å². The van der Waals surface area contributed by atoms with E-state index >= 15 is 0 Å². The van der Waals surface area contributed by atoms with E-state index in [9.17, 15) is 4.79 Å². The van der Waals surface area contributed by atoms with E-state index in [0.717, 1.165) is 49.2 Å². The Morgan fingerprint density at radius 2 is 1.67 bits per heavy atom. The largest absolute Gasteiger partial charge is 0.321 e. The zero-order valence-corrected chi connectivity index (χ0v) is 15.6. The molecule has 0 radical (unpaired) electrons. The lowest BCUT2D eigenvalue weighted by atomic mass is 10.1. The number of para-hydroxylation sites is 2. The van der Waals surface area contributed by atoms with Gasteiger partial charge in [-0.1, -0.05) is 24.3 Å². The van der Waals surface area contributed by atoms with Crippen molar-refractivity contribution in [2.45, 2.75) is 0 Å². The summed E-state index contributed by atoms with van der Waals surface area (Å²) in [7, 11) is 0. The van der Waals surface area contributed by atoms with E-state index in [0.29, 0.717) is 5.56 Å². The Hall–Kier alpha value is -3.16. The Kier molecular flexibility index (Phi) is 3.88. The van der Waals surface area contributed by atoms with E-state index in [4.69, 9.17) is 4.98 Å². The highest BCUT2D eigenvalue weighted by atomic mass is 32.1.